The van der Waals surface area contributed by atoms with Gasteiger partial charge in [0.15, 0.2) is 0 Å². The Kier molecular flexibility index (Phi) is 3.31. The number of aliphatic hydroxyl groups is 1. The van der Waals surface area contributed by atoms with Crippen LogP contribution in [0.3, 0.4) is 0 Å². The summed E-state index contributed by atoms with van der Waals surface area (Å²) in [5.41, 5.74) is 2.13. The maximum atomic E-state index is 9.21. The monoisotopic (exact) mass is 338 g/mol. The highest BCUT2D eigenvalue weighted by Gasteiger charge is 2.09. The summed E-state index contributed by atoms with van der Waals surface area (Å²) in [4.78, 5) is 0. The van der Waals surface area contributed by atoms with Crippen LogP contribution in [0.4, 0.5) is 0 Å². The quantitative estimate of drug-likeness (QED) is 0.653. The van der Waals surface area contributed by atoms with E-state index < -0.39 is 0 Å². The molecule has 1 nitrogen and oxygen atoms in total. The van der Waals surface area contributed by atoms with E-state index in [4.69, 9.17) is 11.6 Å². The van der Waals surface area contributed by atoms with Crippen molar-refractivity contribution >= 4 is 55.6 Å². The Hall–Kier alpha value is 0.160. The van der Waals surface area contributed by atoms with Gasteiger partial charge >= 0.3 is 0 Å². The van der Waals surface area contributed by atoms with Gasteiger partial charge in [0.25, 0.3) is 0 Å². The van der Waals surface area contributed by atoms with Crippen LogP contribution in [0.1, 0.15) is 11.1 Å². The van der Waals surface area contributed by atoms with Crippen molar-refractivity contribution in [1.82, 2.24) is 0 Å². The van der Waals surface area contributed by atoms with E-state index in [-0.39, 0.29) is 6.61 Å². The summed E-state index contributed by atoms with van der Waals surface area (Å²) in [7, 11) is 0. The van der Waals surface area contributed by atoms with Crippen molar-refractivity contribution in [3.05, 3.63) is 32.2 Å². The van der Waals surface area contributed by atoms with Gasteiger partial charge in [-0.25, -0.2) is 0 Å². The number of halogens is 2. The summed E-state index contributed by atoms with van der Waals surface area (Å²) in [6.07, 6.45) is 0. The highest BCUT2D eigenvalue weighted by molar-refractivity contribution is 14.1. The summed E-state index contributed by atoms with van der Waals surface area (Å²) in [6, 6.07) is 3.95. The predicted molar refractivity (Wildman–Crippen MR) is 70.0 cm³/mol. The van der Waals surface area contributed by atoms with Crippen molar-refractivity contribution in [2.24, 2.45) is 0 Å². The van der Waals surface area contributed by atoms with Gasteiger partial charge in [-0.05, 0) is 33.7 Å². The summed E-state index contributed by atoms with van der Waals surface area (Å²) in [6.45, 7) is 0.0891. The fourth-order valence-corrected chi connectivity index (χ4v) is 3.94. The third-order valence-electron chi connectivity index (χ3n) is 2.16. The maximum Gasteiger partial charge on any atom is 0.0688 e. The van der Waals surface area contributed by atoms with Crippen LogP contribution in [-0.2, 0) is 12.5 Å². The lowest BCUT2D eigenvalue weighted by Crippen LogP contribution is -1.87. The number of aliphatic hydroxyl groups excluding tert-OH is 1. The molecule has 2 rings (SSSR count). The Morgan fingerprint density at radius 2 is 2.07 bits per heavy atom. The zero-order valence-electron chi connectivity index (χ0n) is 7.26. The Balaban J connectivity index is 2.81. The third kappa shape index (κ3) is 1.66. The lowest BCUT2D eigenvalue weighted by molar-refractivity contribution is 0.283. The average molecular weight is 339 g/mol. The minimum Gasteiger partial charge on any atom is -0.392 e. The molecule has 1 heterocycles. The fraction of sp³-hybridized carbons (Fsp3) is 0.200. The highest BCUT2D eigenvalue weighted by Crippen LogP contribution is 2.33. The molecule has 0 atom stereocenters. The van der Waals surface area contributed by atoms with E-state index in [0.717, 1.165) is 16.5 Å². The summed E-state index contributed by atoms with van der Waals surface area (Å²) >= 11 is 9.84. The molecule has 0 bridgehead atoms. The minimum absolute atomic E-state index is 0.0891. The van der Waals surface area contributed by atoms with Crippen LogP contribution in [-0.4, -0.2) is 5.11 Å². The summed E-state index contributed by atoms with van der Waals surface area (Å²) in [5, 5.41) is 12.5. The van der Waals surface area contributed by atoms with E-state index in [1.165, 1.54) is 8.27 Å². The molecular weight excluding hydrogens is 331 g/mol. The third-order valence-corrected chi connectivity index (χ3v) is 4.78. The number of hydrogen-bond donors (Lipinski definition) is 1. The predicted octanol–water partition coefficient (Wildman–Crippen LogP) is 3.74. The molecule has 4 heteroatoms. The van der Waals surface area contributed by atoms with Crippen molar-refractivity contribution in [3.8, 4) is 0 Å². The van der Waals surface area contributed by atoms with Crippen molar-refractivity contribution in [1.29, 1.82) is 0 Å². The second-order valence-corrected chi connectivity index (χ2v) is 5.27. The maximum absolute atomic E-state index is 9.21. The zero-order chi connectivity index (χ0) is 10.1. The Bertz CT molecular complexity index is 466. The van der Waals surface area contributed by atoms with Gasteiger partial charge in [0.05, 0.1) is 6.61 Å². The van der Waals surface area contributed by atoms with Crippen molar-refractivity contribution in [3.63, 3.8) is 0 Å². The lowest BCUT2D eigenvalue weighted by atomic mass is 10.1. The number of benzene rings is 1. The first-order valence-electron chi connectivity index (χ1n) is 4.12. The number of thiophene rings is 1. The molecule has 0 aliphatic heterocycles. The Labute approximate surface area is 105 Å². The molecule has 1 aromatic carbocycles. The smallest absolute Gasteiger partial charge is 0.0688 e. The molecule has 14 heavy (non-hydrogen) atoms. The van der Waals surface area contributed by atoms with Gasteiger partial charge in [0.1, 0.15) is 0 Å². The first-order valence-corrected chi connectivity index (χ1v) is 6.61. The number of hydrogen-bond acceptors (Lipinski definition) is 2. The van der Waals surface area contributed by atoms with E-state index in [9.17, 15) is 5.11 Å². The van der Waals surface area contributed by atoms with Crippen molar-refractivity contribution in [2.45, 2.75) is 12.5 Å². The molecule has 0 amide bonds. The van der Waals surface area contributed by atoms with Gasteiger partial charge < -0.3 is 5.11 Å². The van der Waals surface area contributed by atoms with Crippen LogP contribution < -0.4 is 0 Å². The highest BCUT2D eigenvalue weighted by atomic mass is 127. The van der Waals surface area contributed by atoms with Gasteiger partial charge in [0.2, 0.25) is 0 Å². The molecular formula is C10H8ClIOS. The molecule has 0 aliphatic carbocycles. The average Bonchev–Trinajstić information content (AvgIpc) is 2.60. The lowest BCUT2D eigenvalue weighted by Gasteiger charge is -2.03. The standard InChI is InChI=1S/C10H8ClIOS/c11-3-6-1-2-7(4-13)9-8(12)5-14-10(6)9/h1-2,5,13H,3-4H2. The van der Waals surface area contributed by atoms with E-state index in [0.29, 0.717) is 5.88 Å². The molecule has 0 aliphatic rings. The van der Waals surface area contributed by atoms with E-state index in [2.05, 4.69) is 28.0 Å². The molecule has 1 N–H and O–H groups in total. The second-order valence-electron chi connectivity index (χ2n) is 2.96. The van der Waals surface area contributed by atoms with Gasteiger partial charge in [0, 0.05) is 24.9 Å². The Morgan fingerprint density at radius 1 is 1.36 bits per heavy atom. The molecule has 0 saturated carbocycles. The van der Waals surface area contributed by atoms with E-state index in [1.807, 2.05) is 12.1 Å². The van der Waals surface area contributed by atoms with Crippen LogP contribution in [0.25, 0.3) is 10.1 Å². The van der Waals surface area contributed by atoms with Gasteiger partial charge in [-0.15, -0.1) is 22.9 Å². The van der Waals surface area contributed by atoms with Crippen LogP contribution >= 0.6 is 45.5 Å². The van der Waals surface area contributed by atoms with Gasteiger partial charge in [-0.1, -0.05) is 12.1 Å². The van der Waals surface area contributed by atoms with E-state index in [1.54, 1.807) is 11.3 Å². The topological polar surface area (TPSA) is 20.2 Å². The molecule has 2 aromatic rings. The molecule has 1 aromatic heterocycles. The van der Waals surface area contributed by atoms with Gasteiger partial charge in [-0.3, -0.25) is 0 Å². The van der Waals surface area contributed by atoms with Crippen LogP contribution in [0.2, 0.25) is 0 Å². The number of rotatable bonds is 2. The van der Waals surface area contributed by atoms with Crippen molar-refractivity contribution in [2.75, 3.05) is 0 Å². The largest absolute Gasteiger partial charge is 0.392 e. The number of fused-ring (bicyclic) bond motifs is 1. The first-order chi connectivity index (χ1) is 6.77. The normalized spacial score (nSPS) is 11.1. The zero-order valence-corrected chi connectivity index (χ0v) is 11.0. The van der Waals surface area contributed by atoms with Gasteiger partial charge in [-0.2, -0.15) is 0 Å². The van der Waals surface area contributed by atoms with Crippen LogP contribution in [0.15, 0.2) is 17.5 Å². The first kappa shape index (κ1) is 10.7. The minimum atomic E-state index is 0.0891. The molecule has 0 saturated heterocycles. The van der Waals surface area contributed by atoms with Crippen LogP contribution in [0, 0.1) is 3.57 Å². The van der Waals surface area contributed by atoms with Crippen LogP contribution in [0.5, 0.6) is 0 Å². The molecule has 0 radical (unpaired) electrons. The molecule has 0 fully saturated rings. The van der Waals surface area contributed by atoms with E-state index >= 15 is 0 Å². The number of alkyl halides is 1. The fourth-order valence-electron chi connectivity index (χ4n) is 1.47. The molecule has 74 valence electrons. The van der Waals surface area contributed by atoms with Crippen molar-refractivity contribution < 1.29 is 5.11 Å². The Morgan fingerprint density at radius 3 is 2.71 bits per heavy atom. The SMILES string of the molecule is OCc1ccc(CCl)c2scc(I)c12. The summed E-state index contributed by atoms with van der Waals surface area (Å²) in [5.74, 6) is 0.527. The second kappa shape index (κ2) is 4.35. The molecule has 0 spiro atoms. The summed E-state index contributed by atoms with van der Waals surface area (Å²) < 4.78 is 2.40. The molecule has 0 unspecified atom stereocenters.